The predicted octanol–water partition coefficient (Wildman–Crippen LogP) is 2.42. The number of pyridine rings is 1. The lowest BCUT2D eigenvalue weighted by Gasteiger charge is -2.25. The summed E-state index contributed by atoms with van der Waals surface area (Å²) in [4.78, 5) is 14.5. The fourth-order valence-corrected chi connectivity index (χ4v) is 2.11. The van der Waals surface area contributed by atoms with E-state index in [9.17, 15) is 23.3 Å². The molecule has 6 nitrogen and oxygen atoms in total. The van der Waals surface area contributed by atoms with Crippen molar-refractivity contribution in [2.75, 3.05) is 24.6 Å². The number of hydrogen-bond donors (Lipinski definition) is 1. The maximum Gasteiger partial charge on any atom is 0.405 e. The van der Waals surface area contributed by atoms with Crippen LogP contribution in [-0.2, 0) is 0 Å². The average Bonchev–Trinajstić information content (AvgIpc) is 2.30. The van der Waals surface area contributed by atoms with Gasteiger partial charge in [-0.3, -0.25) is 10.1 Å². The summed E-state index contributed by atoms with van der Waals surface area (Å²) in [5.41, 5.74) is -0.123. The number of aliphatic hydroxyl groups is 1. The quantitative estimate of drug-likeness (QED) is 0.646. The largest absolute Gasteiger partial charge is 0.405 e. The molecule has 0 spiro atoms. The van der Waals surface area contributed by atoms with Crippen LogP contribution in [0, 0.1) is 17.0 Å². The molecular formula is C10H11BrF3N3O3. The highest BCUT2D eigenvalue weighted by atomic mass is 79.9. The molecule has 0 aromatic carbocycles. The van der Waals surface area contributed by atoms with Crippen LogP contribution < -0.4 is 4.90 Å². The number of aromatic nitrogens is 1. The molecule has 20 heavy (non-hydrogen) atoms. The van der Waals surface area contributed by atoms with Crippen molar-refractivity contribution in [2.24, 2.45) is 0 Å². The van der Waals surface area contributed by atoms with E-state index in [1.807, 2.05) is 0 Å². The zero-order valence-electron chi connectivity index (χ0n) is 10.3. The fraction of sp³-hybridized carbons (Fsp3) is 0.500. The summed E-state index contributed by atoms with van der Waals surface area (Å²) in [6, 6.07) is 0. The van der Waals surface area contributed by atoms with Crippen molar-refractivity contribution in [1.29, 1.82) is 0 Å². The normalized spacial score (nSPS) is 11.5. The van der Waals surface area contributed by atoms with E-state index in [2.05, 4.69) is 20.9 Å². The van der Waals surface area contributed by atoms with Gasteiger partial charge in [-0.25, -0.2) is 4.98 Å². The first-order valence-electron chi connectivity index (χ1n) is 5.39. The summed E-state index contributed by atoms with van der Waals surface area (Å²) in [5.74, 6) is -0.0977. The minimum absolute atomic E-state index is 0.0977. The molecule has 10 heteroatoms. The van der Waals surface area contributed by atoms with Gasteiger partial charge in [-0.05, 0) is 22.9 Å². The SMILES string of the molecule is Cc1c([N+](=O)[O-])cnc(N(CCO)CC(F)(F)F)c1Br. The Hall–Kier alpha value is -1.42. The highest BCUT2D eigenvalue weighted by Crippen LogP contribution is 2.33. The Morgan fingerprint density at radius 1 is 1.55 bits per heavy atom. The van der Waals surface area contributed by atoms with Crippen LogP contribution in [0.4, 0.5) is 24.7 Å². The van der Waals surface area contributed by atoms with Gasteiger partial charge in [0.2, 0.25) is 0 Å². The van der Waals surface area contributed by atoms with E-state index in [1.165, 1.54) is 6.92 Å². The Labute approximate surface area is 120 Å². The average molecular weight is 358 g/mol. The van der Waals surface area contributed by atoms with Gasteiger partial charge < -0.3 is 10.0 Å². The van der Waals surface area contributed by atoms with Crippen LogP contribution in [0.1, 0.15) is 5.56 Å². The van der Waals surface area contributed by atoms with Crippen LogP contribution >= 0.6 is 15.9 Å². The van der Waals surface area contributed by atoms with E-state index < -0.39 is 24.3 Å². The topological polar surface area (TPSA) is 79.5 Å². The molecule has 1 aromatic rings. The lowest BCUT2D eigenvalue weighted by Crippen LogP contribution is -2.37. The second-order valence-corrected chi connectivity index (χ2v) is 4.72. The second-order valence-electron chi connectivity index (χ2n) is 3.92. The first kappa shape index (κ1) is 16.6. The van der Waals surface area contributed by atoms with E-state index in [4.69, 9.17) is 5.11 Å². The minimum Gasteiger partial charge on any atom is -0.395 e. The van der Waals surface area contributed by atoms with Crippen molar-refractivity contribution in [1.82, 2.24) is 4.98 Å². The van der Waals surface area contributed by atoms with Crippen LogP contribution in [0.2, 0.25) is 0 Å². The zero-order chi connectivity index (χ0) is 15.5. The maximum atomic E-state index is 12.5. The molecular weight excluding hydrogens is 347 g/mol. The van der Waals surface area contributed by atoms with Gasteiger partial charge in [0, 0.05) is 12.1 Å². The van der Waals surface area contributed by atoms with Crippen LogP contribution in [0.15, 0.2) is 10.7 Å². The Bertz CT molecular complexity index is 511. The Morgan fingerprint density at radius 3 is 2.60 bits per heavy atom. The Morgan fingerprint density at radius 2 is 2.15 bits per heavy atom. The number of aliphatic hydroxyl groups excluding tert-OH is 1. The van der Waals surface area contributed by atoms with E-state index in [-0.39, 0.29) is 28.1 Å². The van der Waals surface area contributed by atoms with E-state index in [0.717, 1.165) is 11.1 Å². The van der Waals surface area contributed by atoms with Crippen molar-refractivity contribution in [2.45, 2.75) is 13.1 Å². The van der Waals surface area contributed by atoms with Gasteiger partial charge in [0.1, 0.15) is 18.6 Å². The van der Waals surface area contributed by atoms with E-state index >= 15 is 0 Å². The highest BCUT2D eigenvalue weighted by molar-refractivity contribution is 9.10. The van der Waals surface area contributed by atoms with Crippen LogP contribution in [-0.4, -0.2) is 40.9 Å². The van der Waals surface area contributed by atoms with Gasteiger partial charge in [0.05, 0.1) is 16.0 Å². The monoisotopic (exact) mass is 357 g/mol. The smallest absolute Gasteiger partial charge is 0.395 e. The molecule has 0 aliphatic carbocycles. The van der Waals surface area contributed by atoms with Crippen LogP contribution in [0.3, 0.4) is 0 Å². The number of hydrogen-bond acceptors (Lipinski definition) is 5. The predicted molar refractivity (Wildman–Crippen MR) is 68.7 cm³/mol. The van der Waals surface area contributed by atoms with E-state index in [1.54, 1.807) is 0 Å². The van der Waals surface area contributed by atoms with Gasteiger partial charge in [0.25, 0.3) is 5.69 Å². The lowest BCUT2D eigenvalue weighted by molar-refractivity contribution is -0.385. The summed E-state index contributed by atoms with van der Waals surface area (Å²) in [6.07, 6.45) is -3.58. The van der Waals surface area contributed by atoms with Crippen molar-refractivity contribution in [3.63, 3.8) is 0 Å². The third-order valence-electron chi connectivity index (χ3n) is 2.46. The molecule has 0 aliphatic rings. The van der Waals surface area contributed by atoms with Crippen molar-refractivity contribution in [3.05, 3.63) is 26.3 Å². The highest BCUT2D eigenvalue weighted by Gasteiger charge is 2.32. The summed E-state index contributed by atoms with van der Waals surface area (Å²) in [7, 11) is 0. The van der Waals surface area contributed by atoms with Gasteiger partial charge in [-0.2, -0.15) is 13.2 Å². The molecule has 0 atom stereocenters. The van der Waals surface area contributed by atoms with Gasteiger partial charge in [0.15, 0.2) is 0 Å². The molecule has 1 heterocycles. The van der Waals surface area contributed by atoms with Gasteiger partial charge in [-0.15, -0.1) is 0 Å². The number of nitrogens with zero attached hydrogens (tertiary/aromatic N) is 3. The molecule has 0 radical (unpaired) electrons. The van der Waals surface area contributed by atoms with Crippen LogP contribution in [0.5, 0.6) is 0 Å². The number of rotatable bonds is 5. The standard InChI is InChI=1S/C10H11BrF3N3O3/c1-6-7(17(19)20)4-15-9(8(6)11)16(2-3-18)5-10(12,13)14/h4,18H,2-3,5H2,1H3. The Balaban J connectivity index is 3.21. The third kappa shape index (κ3) is 4.04. The van der Waals surface area contributed by atoms with E-state index in [0.29, 0.717) is 0 Å². The fourth-order valence-electron chi connectivity index (χ4n) is 1.56. The third-order valence-corrected chi connectivity index (χ3v) is 3.40. The number of nitro groups is 1. The van der Waals surface area contributed by atoms with Crippen LogP contribution in [0.25, 0.3) is 0 Å². The number of halogens is 4. The molecule has 1 rings (SSSR count). The second kappa shape index (κ2) is 6.35. The zero-order valence-corrected chi connectivity index (χ0v) is 11.9. The molecule has 0 saturated heterocycles. The first-order chi connectivity index (χ1) is 9.17. The molecule has 0 unspecified atom stereocenters. The molecule has 1 N–H and O–H groups in total. The summed E-state index contributed by atoms with van der Waals surface area (Å²) in [6.45, 7) is -0.697. The molecule has 0 aliphatic heterocycles. The lowest BCUT2D eigenvalue weighted by atomic mass is 10.2. The molecule has 112 valence electrons. The summed E-state index contributed by atoms with van der Waals surface area (Å²) in [5, 5.41) is 19.6. The molecule has 1 aromatic heterocycles. The van der Waals surface area contributed by atoms with Gasteiger partial charge in [-0.1, -0.05) is 0 Å². The summed E-state index contributed by atoms with van der Waals surface area (Å²) < 4.78 is 37.5. The molecule has 0 bridgehead atoms. The van der Waals surface area contributed by atoms with Crippen molar-refractivity contribution >= 4 is 27.4 Å². The number of alkyl halides is 3. The molecule has 0 amide bonds. The summed E-state index contributed by atoms with van der Waals surface area (Å²) >= 11 is 3.02. The Kier molecular flexibility index (Phi) is 5.28. The maximum absolute atomic E-state index is 12.5. The van der Waals surface area contributed by atoms with Crippen molar-refractivity contribution < 1.29 is 23.2 Å². The minimum atomic E-state index is -4.48. The first-order valence-corrected chi connectivity index (χ1v) is 6.18. The number of anilines is 1. The van der Waals surface area contributed by atoms with Gasteiger partial charge >= 0.3 is 6.18 Å². The van der Waals surface area contributed by atoms with Crippen molar-refractivity contribution in [3.8, 4) is 0 Å². The molecule has 0 fully saturated rings. The molecule has 0 saturated carbocycles.